The minimum Gasteiger partial charge on any atom is -0.467 e. The Morgan fingerprint density at radius 3 is 2.24 bits per heavy atom. The topological polar surface area (TPSA) is 72.5 Å². The SMILES string of the molecule is COC(=O)[C@H]1O[C@@H]([C@@H]2COC(C)(C)O2)[C@@H]2OC(C)(C)O[C@@H]21. The highest BCUT2D eigenvalue weighted by molar-refractivity contribution is 5.76. The number of hydrogen-bond donors (Lipinski definition) is 0. The smallest absolute Gasteiger partial charge is 0.337 e. The first-order valence-corrected chi connectivity index (χ1v) is 7.13. The number of methoxy groups -OCH3 is 1. The summed E-state index contributed by atoms with van der Waals surface area (Å²) >= 11 is 0. The summed E-state index contributed by atoms with van der Waals surface area (Å²) in [5.74, 6) is -1.90. The van der Waals surface area contributed by atoms with Crippen LogP contribution >= 0.6 is 0 Å². The number of rotatable bonds is 2. The summed E-state index contributed by atoms with van der Waals surface area (Å²) in [7, 11) is 1.33. The standard InChI is InChI=1S/C14H22O7/c1-13(2)17-6-7(19-13)8-9-10(21-14(3,4)20-9)11(18-8)12(15)16-5/h7-11H,6H2,1-5H3/t7-,8-,9-,10-,11-/m0/s1. The zero-order valence-corrected chi connectivity index (χ0v) is 13.0. The molecule has 0 aromatic rings. The van der Waals surface area contributed by atoms with Crippen molar-refractivity contribution in [3.8, 4) is 0 Å². The van der Waals surface area contributed by atoms with Crippen LogP contribution in [0.25, 0.3) is 0 Å². The monoisotopic (exact) mass is 302 g/mol. The zero-order chi connectivity index (χ0) is 15.4. The molecule has 3 rings (SSSR count). The van der Waals surface area contributed by atoms with Crippen molar-refractivity contribution in [1.82, 2.24) is 0 Å². The molecular formula is C14H22O7. The van der Waals surface area contributed by atoms with Crippen LogP contribution in [0.1, 0.15) is 27.7 Å². The molecule has 3 fully saturated rings. The van der Waals surface area contributed by atoms with E-state index in [2.05, 4.69) is 0 Å². The van der Waals surface area contributed by atoms with Gasteiger partial charge < -0.3 is 28.4 Å². The van der Waals surface area contributed by atoms with E-state index in [4.69, 9.17) is 28.4 Å². The zero-order valence-electron chi connectivity index (χ0n) is 13.0. The van der Waals surface area contributed by atoms with Crippen molar-refractivity contribution in [3.63, 3.8) is 0 Å². The molecule has 5 atom stereocenters. The van der Waals surface area contributed by atoms with Gasteiger partial charge in [0.1, 0.15) is 24.4 Å². The highest BCUT2D eigenvalue weighted by Gasteiger charge is 2.61. The Labute approximate surface area is 123 Å². The highest BCUT2D eigenvalue weighted by atomic mass is 16.8. The Morgan fingerprint density at radius 2 is 1.67 bits per heavy atom. The number of hydrogen-bond acceptors (Lipinski definition) is 7. The van der Waals surface area contributed by atoms with Gasteiger partial charge >= 0.3 is 5.97 Å². The average Bonchev–Trinajstić information content (AvgIpc) is 2.98. The minimum atomic E-state index is -0.806. The summed E-state index contributed by atoms with van der Waals surface area (Å²) in [5.41, 5.74) is 0. The van der Waals surface area contributed by atoms with Crippen LogP contribution in [0.15, 0.2) is 0 Å². The number of fused-ring (bicyclic) bond motifs is 1. The summed E-state index contributed by atoms with van der Waals surface area (Å²) in [5, 5.41) is 0. The van der Waals surface area contributed by atoms with E-state index >= 15 is 0 Å². The first-order valence-electron chi connectivity index (χ1n) is 7.13. The lowest BCUT2D eigenvalue weighted by Gasteiger charge is -2.26. The highest BCUT2D eigenvalue weighted by Crippen LogP contribution is 2.42. The van der Waals surface area contributed by atoms with Gasteiger partial charge in [-0.15, -0.1) is 0 Å². The lowest BCUT2D eigenvalue weighted by Crippen LogP contribution is -2.40. The molecule has 3 aliphatic rings. The van der Waals surface area contributed by atoms with Crippen molar-refractivity contribution in [2.24, 2.45) is 0 Å². The lowest BCUT2D eigenvalue weighted by molar-refractivity contribution is -0.210. The molecule has 7 heteroatoms. The van der Waals surface area contributed by atoms with E-state index in [9.17, 15) is 4.79 Å². The maximum Gasteiger partial charge on any atom is 0.337 e. The van der Waals surface area contributed by atoms with E-state index in [1.54, 1.807) is 0 Å². The molecule has 0 aliphatic carbocycles. The summed E-state index contributed by atoms with van der Waals surface area (Å²) in [6, 6.07) is 0. The van der Waals surface area contributed by atoms with Gasteiger partial charge in [-0.3, -0.25) is 0 Å². The third kappa shape index (κ3) is 2.68. The number of ether oxygens (including phenoxy) is 6. The van der Waals surface area contributed by atoms with E-state index in [0.717, 1.165) is 0 Å². The van der Waals surface area contributed by atoms with Crippen LogP contribution in [0.5, 0.6) is 0 Å². The predicted molar refractivity (Wildman–Crippen MR) is 69.4 cm³/mol. The molecule has 0 aromatic carbocycles. The first kappa shape index (κ1) is 15.2. The van der Waals surface area contributed by atoms with E-state index in [-0.39, 0.29) is 12.2 Å². The second kappa shape index (κ2) is 4.89. The van der Waals surface area contributed by atoms with E-state index < -0.39 is 35.9 Å². The van der Waals surface area contributed by atoms with Crippen LogP contribution < -0.4 is 0 Å². The van der Waals surface area contributed by atoms with Gasteiger partial charge in [-0.05, 0) is 27.7 Å². The minimum absolute atomic E-state index is 0.306. The van der Waals surface area contributed by atoms with Gasteiger partial charge in [0.25, 0.3) is 0 Å². The van der Waals surface area contributed by atoms with Gasteiger partial charge in [-0.1, -0.05) is 0 Å². The Morgan fingerprint density at radius 1 is 1.00 bits per heavy atom. The van der Waals surface area contributed by atoms with Crippen LogP contribution in [-0.4, -0.2) is 61.8 Å². The fourth-order valence-corrected chi connectivity index (χ4v) is 3.11. The van der Waals surface area contributed by atoms with Crippen molar-refractivity contribution in [2.75, 3.05) is 13.7 Å². The predicted octanol–water partition coefficient (Wildman–Crippen LogP) is 0.598. The molecule has 0 bridgehead atoms. The molecule has 21 heavy (non-hydrogen) atoms. The normalized spacial score (nSPS) is 43.8. The largest absolute Gasteiger partial charge is 0.467 e. The fraction of sp³-hybridized carbons (Fsp3) is 0.929. The molecular weight excluding hydrogens is 280 g/mol. The van der Waals surface area contributed by atoms with E-state index in [1.165, 1.54) is 7.11 Å². The van der Waals surface area contributed by atoms with Gasteiger partial charge in [0.15, 0.2) is 17.7 Å². The molecule has 0 N–H and O–H groups in total. The van der Waals surface area contributed by atoms with Gasteiger partial charge in [0.2, 0.25) is 0 Å². The summed E-state index contributed by atoms with van der Waals surface area (Å²) in [6.45, 7) is 7.69. The molecule has 0 spiro atoms. The molecule has 3 aliphatic heterocycles. The molecule has 120 valence electrons. The molecule has 3 heterocycles. The van der Waals surface area contributed by atoms with Gasteiger partial charge in [-0.25, -0.2) is 4.79 Å². The second-order valence-electron chi connectivity index (χ2n) is 6.48. The van der Waals surface area contributed by atoms with Gasteiger partial charge in [-0.2, -0.15) is 0 Å². The Hall–Kier alpha value is -0.730. The maximum absolute atomic E-state index is 11.9. The molecule has 0 unspecified atom stereocenters. The van der Waals surface area contributed by atoms with Crippen LogP contribution in [0.3, 0.4) is 0 Å². The maximum atomic E-state index is 11.9. The molecule has 0 radical (unpaired) electrons. The fourth-order valence-electron chi connectivity index (χ4n) is 3.11. The molecule has 7 nitrogen and oxygen atoms in total. The van der Waals surface area contributed by atoms with Crippen LogP contribution in [-0.2, 0) is 33.2 Å². The lowest BCUT2D eigenvalue weighted by atomic mass is 10.0. The molecule has 0 amide bonds. The quantitative estimate of drug-likeness (QED) is 0.692. The van der Waals surface area contributed by atoms with Gasteiger partial charge in [0.05, 0.1) is 13.7 Å². The van der Waals surface area contributed by atoms with Crippen molar-refractivity contribution in [2.45, 2.75) is 69.8 Å². The summed E-state index contributed by atoms with van der Waals surface area (Å²) in [6.07, 6.45) is -2.42. The Balaban J connectivity index is 1.80. The van der Waals surface area contributed by atoms with Crippen molar-refractivity contribution >= 4 is 5.97 Å². The first-order chi connectivity index (χ1) is 9.72. The number of carbonyl (C=O) groups is 1. The number of esters is 1. The van der Waals surface area contributed by atoms with Crippen LogP contribution in [0.4, 0.5) is 0 Å². The molecule has 3 saturated heterocycles. The average molecular weight is 302 g/mol. The van der Waals surface area contributed by atoms with Crippen LogP contribution in [0.2, 0.25) is 0 Å². The summed E-state index contributed by atoms with van der Waals surface area (Å²) < 4.78 is 33.7. The van der Waals surface area contributed by atoms with Gasteiger partial charge in [0, 0.05) is 0 Å². The Kier molecular flexibility index (Phi) is 3.53. The van der Waals surface area contributed by atoms with E-state index in [0.29, 0.717) is 6.61 Å². The van der Waals surface area contributed by atoms with Crippen molar-refractivity contribution in [3.05, 3.63) is 0 Å². The molecule has 0 aromatic heterocycles. The summed E-state index contributed by atoms with van der Waals surface area (Å²) in [4.78, 5) is 11.9. The third-order valence-electron chi connectivity index (χ3n) is 3.92. The Bertz CT molecular complexity index is 433. The third-order valence-corrected chi connectivity index (χ3v) is 3.92. The molecule has 0 saturated carbocycles. The van der Waals surface area contributed by atoms with Crippen molar-refractivity contribution in [1.29, 1.82) is 0 Å². The van der Waals surface area contributed by atoms with Crippen molar-refractivity contribution < 1.29 is 33.2 Å². The van der Waals surface area contributed by atoms with E-state index in [1.807, 2.05) is 27.7 Å². The second-order valence-corrected chi connectivity index (χ2v) is 6.48. The van der Waals surface area contributed by atoms with Crippen LogP contribution in [0, 0.1) is 0 Å². The number of carbonyl (C=O) groups excluding carboxylic acids is 1.